The van der Waals surface area contributed by atoms with E-state index in [0.717, 1.165) is 11.1 Å². The van der Waals surface area contributed by atoms with E-state index in [1.165, 1.54) is 0 Å². The van der Waals surface area contributed by atoms with Gasteiger partial charge in [-0.3, -0.25) is 9.59 Å². The molecule has 1 amide bonds. The number of benzene rings is 2. The van der Waals surface area contributed by atoms with E-state index in [9.17, 15) is 9.59 Å². The lowest BCUT2D eigenvalue weighted by Crippen LogP contribution is -2.21. The molecule has 0 aliphatic rings. The maximum atomic E-state index is 11.7. The third-order valence-electron chi connectivity index (χ3n) is 3.21. The summed E-state index contributed by atoms with van der Waals surface area (Å²) < 4.78 is 10.0. The third-order valence-corrected chi connectivity index (χ3v) is 3.21. The summed E-state index contributed by atoms with van der Waals surface area (Å²) in [4.78, 5) is 23.5. The van der Waals surface area contributed by atoms with Crippen LogP contribution in [0, 0.1) is 6.92 Å². The molecule has 0 unspecified atom stereocenters. The number of carbonyl (C=O) groups is 2. The number of hydrogen-bond donors (Lipinski definition) is 1. The van der Waals surface area contributed by atoms with E-state index in [4.69, 9.17) is 9.47 Å². The molecule has 0 aromatic heterocycles. The summed E-state index contributed by atoms with van der Waals surface area (Å²) in [6.07, 6.45) is 0.149. The molecule has 0 saturated heterocycles. The number of anilines is 1. The maximum absolute atomic E-state index is 11.7. The molecule has 2 aromatic rings. The van der Waals surface area contributed by atoms with Gasteiger partial charge >= 0.3 is 5.97 Å². The van der Waals surface area contributed by atoms with Crippen molar-refractivity contribution in [3.05, 3.63) is 59.7 Å². The Morgan fingerprint density at radius 3 is 2.26 bits per heavy atom. The minimum absolute atomic E-state index is 0.149. The number of esters is 1. The van der Waals surface area contributed by atoms with Gasteiger partial charge in [-0.15, -0.1) is 0 Å². The van der Waals surface area contributed by atoms with Crippen LogP contribution in [0.2, 0.25) is 0 Å². The second-order valence-electron chi connectivity index (χ2n) is 5.10. The van der Waals surface area contributed by atoms with Gasteiger partial charge in [0.05, 0.1) is 13.5 Å². The van der Waals surface area contributed by atoms with Crippen LogP contribution in [0.5, 0.6) is 5.75 Å². The molecule has 0 bridgehead atoms. The molecule has 0 aliphatic carbocycles. The summed E-state index contributed by atoms with van der Waals surface area (Å²) in [6, 6.07) is 14.5. The lowest BCUT2D eigenvalue weighted by atomic mass is 10.1. The molecule has 0 atom stereocenters. The molecular formula is C18H19NO4. The number of carbonyl (C=O) groups excluding carboxylic acids is 2. The van der Waals surface area contributed by atoms with Gasteiger partial charge in [0.1, 0.15) is 5.75 Å². The monoisotopic (exact) mass is 313 g/mol. The Balaban J connectivity index is 1.76. The summed E-state index contributed by atoms with van der Waals surface area (Å²) in [6.45, 7) is 1.67. The summed E-state index contributed by atoms with van der Waals surface area (Å²) in [5.41, 5.74) is 2.60. The van der Waals surface area contributed by atoms with Crippen molar-refractivity contribution in [3.8, 4) is 5.75 Å². The average Bonchev–Trinajstić information content (AvgIpc) is 2.56. The van der Waals surface area contributed by atoms with Crippen LogP contribution in [0.3, 0.4) is 0 Å². The standard InChI is InChI=1S/C18H19NO4/c1-13-3-5-14(6-4-13)11-18(21)23-12-17(20)19-15-7-9-16(22-2)10-8-15/h3-10H,11-12H2,1-2H3,(H,19,20). The van der Waals surface area contributed by atoms with E-state index >= 15 is 0 Å². The predicted octanol–water partition coefficient (Wildman–Crippen LogP) is 2.73. The second kappa shape index (κ2) is 7.98. The average molecular weight is 313 g/mol. The number of nitrogens with one attached hydrogen (secondary N) is 1. The first-order valence-corrected chi connectivity index (χ1v) is 7.22. The molecule has 0 fully saturated rings. The first kappa shape index (κ1) is 16.5. The van der Waals surface area contributed by atoms with Crippen molar-refractivity contribution in [2.24, 2.45) is 0 Å². The highest BCUT2D eigenvalue weighted by molar-refractivity contribution is 5.92. The number of ether oxygens (including phenoxy) is 2. The highest BCUT2D eigenvalue weighted by Gasteiger charge is 2.09. The Labute approximate surface area is 135 Å². The largest absolute Gasteiger partial charge is 0.497 e. The second-order valence-corrected chi connectivity index (χ2v) is 5.10. The Morgan fingerprint density at radius 2 is 1.65 bits per heavy atom. The lowest BCUT2D eigenvalue weighted by Gasteiger charge is -2.07. The van der Waals surface area contributed by atoms with Crippen LogP contribution in [0.1, 0.15) is 11.1 Å². The zero-order chi connectivity index (χ0) is 16.7. The molecule has 1 N–H and O–H groups in total. The van der Waals surface area contributed by atoms with Crippen molar-refractivity contribution in [1.29, 1.82) is 0 Å². The summed E-state index contributed by atoms with van der Waals surface area (Å²) in [5.74, 6) is -0.112. The highest BCUT2D eigenvalue weighted by Crippen LogP contribution is 2.14. The Hall–Kier alpha value is -2.82. The van der Waals surface area contributed by atoms with E-state index in [1.54, 1.807) is 31.4 Å². The van der Waals surface area contributed by atoms with Gasteiger partial charge in [0.2, 0.25) is 0 Å². The highest BCUT2D eigenvalue weighted by atomic mass is 16.5. The van der Waals surface area contributed by atoms with Gasteiger partial charge in [0.15, 0.2) is 6.61 Å². The van der Waals surface area contributed by atoms with Crippen LogP contribution in [0.25, 0.3) is 0 Å². The number of hydrogen-bond acceptors (Lipinski definition) is 4. The first-order chi connectivity index (χ1) is 11.1. The molecular weight excluding hydrogens is 294 g/mol. The van der Waals surface area contributed by atoms with E-state index < -0.39 is 5.97 Å². The fourth-order valence-corrected chi connectivity index (χ4v) is 1.94. The molecule has 0 spiro atoms. The molecule has 5 heteroatoms. The van der Waals surface area contributed by atoms with Gasteiger partial charge in [-0.1, -0.05) is 29.8 Å². The number of amides is 1. The molecule has 5 nitrogen and oxygen atoms in total. The van der Waals surface area contributed by atoms with E-state index in [1.807, 2.05) is 31.2 Å². The normalized spacial score (nSPS) is 10.0. The van der Waals surface area contributed by atoms with Crippen LogP contribution in [0.15, 0.2) is 48.5 Å². The van der Waals surface area contributed by atoms with Crippen LogP contribution >= 0.6 is 0 Å². The molecule has 0 heterocycles. The Morgan fingerprint density at radius 1 is 1.00 bits per heavy atom. The summed E-state index contributed by atoms with van der Waals surface area (Å²) in [7, 11) is 1.57. The Bertz CT molecular complexity index is 662. The lowest BCUT2D eigenvalue weighted by molar-refractivity contribution is -0.146. The predicted molar refractivity (Wildman–Crippen MR) is 87.5 cm³/mol. The van der Waals surface area contributed by atoms with Crippen LogP contribution in [-0.4, -0.2) is 25.6 Å². The molecule has 0 aliphatic heterocycles. The molecule has 0 saturated carbocycles. The van der Waals surface area contributed by atoms with Crippen molar-refractivity contribution in [2.75, 3.05) is 19.0 Å². The van der Waals surface area contributed by atoms with Crippen LogP contribution in [0.4, 0.5) is 5.69 Å². The van der Waals surface area contributed by atoms with Gasteiger partial charge in [-0.2, -0.15) is 0 Å². The van der Waals surface area contributed by atoms with Crippen molar-refractivity contribution in [2.45, 2.75) is 13.3 Å². The number of methoxy groups -OCH3 is 1. The molecule has 0 radical (unpaired) electrons. The molecule has 23 heavy (non-hydrogen) atoms. The fraction of sp³-hybridized carbons (Fsp3) is 0.222. The first-order valence-electron chi connectivity index (χ1n) is 7.22. The SMILES string of the molecule is COc1ccc(NC(=O)COC(=O)Cc2ccc(C)cc2)cc1. The van der Waals surface area contributed by atoms with E-state index in [2.05, 4.69) is 5.32 Å². The summed E-state index contributed by atoms with van der Waals surface area (Å²) in [5, 5.41) is 2.65. The molecule has 2 aromatic carbocycles. The zero-order valence-electron chi connectivity index (χ0n) is 13.2. The van der Waals surface area contributed by atoms with Gasteiger partial charge in [0.25, 0.3) is 5.91 Å². The number of rotatable bonds is 6. The maximum Gasteiger partial charge on any atom is 0.310 e. The van der Waals surface area contributed by atoms with Crippen LogP contribution in [-0.2, 0) is 20.7 Å². The fourth-order valence-electron chi connectivity index (χ4n) is 1.94. The topological polar surface area (TPSA) is 64.6 Å². The molecule has 2 rings (SSSR count). The van der Waals surface area contributed by atoms with E-state index in [-0.39, 0.29) is 18.9 Å². The smallest absolute Gasteiger partial charge is 0.310 e. The van der Waals surface area contributed by atoms with Gasteiger partial charge < -0.3 is 14.8 Å². The van der Waals surface area contributed by atoms with Crippen molar-refractivity contribution < 1.29 is 19.1 Å². The zero-order valence-corrected chi connectivity index (χ0v) is 13.2. The third kappa shape index (κ3) is 5.47. The minimum atomic E-state index is -0.432. The van der Waals surface area contributed by atoms with Crippen molar-refractivity contribution in [3.63, 3.8) is 0 Å². The van der Waals surface area contributed by atoms with Gasteiger partial charge in [-0.05, 0) is 36.8 Å². The quantitative estimate of drug-likeness (QED) is 0.833. The van der Waals surface area contributed by atoms with Crippen molar-refractivity contribution in [1.82, 2.24) is 0 Å². The number of aryl methyl sites for hydroxylation is 1. The summed E-state index contributed by atoms with van der Waals surface area (Å²) >= 11 is 0. The van der Waals surface area contributed by atoms with Gasteiger partial charge in [0, 0.05) is 5.69 Å². The van der Waals surface area contributed by atoms with Crippen LogP contribution < -0.4 is 10.1 Å². The van der Waals surface area contributed by atoms with Crippen molar-refractivity contribution >= 4 is 17.6 Å². The minimum Gasteiger partial charge on any atom is -0.497 e. The molecule has 120 valence electrons. The van der Waals surface area contributed by atoms with E-state index in [0.29, 0.717) is 11.4 Å². The Kier molecular flexibility index (Phi) is 5.74. The van der Waals surface area contributed by atoms with Gasteiger partial charge in [-0.25, -0.2) is 0 Å².